The lowest BCUT2D eigenvalue weighted by molar-refractivity contribution is 0.0362. The summed E-state index contributed by atoms with van der Waals surface area (Å²) in [6.45, 7) is 5.33. The molecule has 1 aromatic heterocycles. The second-order valence-corrected chi connectivity index (χ2v) is 14.4. The molecule has 3 heterocycles. The third-order valence-electron chi connectivity index (χ3n) is 6.52. The molecular weight excluding hydrogens is 508 g/mol. The van der Waals surface area contributed by atoms with E-state index < -0.39 is 20.0 Å². The van der Waals surface area contributed by atoms with E-state index >= 15 is 0 Å². The summed E-state index contributed by atoms with van der Waals surface area (Å²) in [6, 6.07) is 10.5. The van der Waals surface area contributed by atoms with Crippen LogP contribution in [0.3, 0.4) is 0 Å². The molecule has 0 aliphatic carbocycles. The molecule has 194 valence electrons. The van der Waals surface area contributed by atoms with Crippen LogP contribution in [0.15, 0.2) is 44.8 Å². The molecule has 2 aromatic rings. The number of thiophene rings is 1. The van der Waals surface area contributed by atoms with Crippen LogP contribution in [-0.4, -0.2) is 85.6 Å². The minimum Gasteiger partial charge on any atom is -0.379 e. The molecule has 1 atom stereocenters. The van der Waals surface area contributed by atoms with Gasteiger partial charge < -0.3 is 9.64 Å². The van der Waals surface area contributed by atoms with Gasteiger partial charge in [-0.05, 0) is 49.9 Å². The fourth-order valence-electron chi connectivity index (χ4n) is 4.55. The first-order valence-electron chi connectivity index (χ1n) is 11.9. The number of nitrogens with zero attached hydrogens (tertiary/aromatic N) is 3. The van der Waals surface area contributed by atoms with Crippen LogP contribution in [0.4, 0.5) is 11.4 Å². The van der Waals surface area contributed by atoms with E-state index in [0.717, 1.165) is 86.4 Å². The van der Waals surface area contributed by atoms with Crippen molar-refractivity contribution in [3.8, 4) is 0 Å². The van der Waals surface area contributed by atoms with E-state index in [2.05, 4.69) is 14.5 Å². The first-order chi connectivity index (χ1) is 16.7. The molecule has 2 aliphatic heterocycles. The molecule has 0 amide bonds. The maximum Gasteiger partial charge on any atom is 0.271 e. The Morgan fingerprint density at radius 1 is 1.00 bits per heavy atom. The van der Waals surface area contributed by atoms with E-state index in [9.17, 15) is 16.8 Å². The van der Waals surface area contributed by atoms with Crippen LogP contribution in [0.2, 0.25) is 0 Å². The van der Waals surface area contributed by atoms with Crippen molar-refractivity contribution in [3.05, 3.63) is 36.4 Å². The number of benzene rings is 1. The molecular formula is C23H34N4O5S3. The third-order valence-corrected chi connectivity index (χ3v) is 11.7. The summed E-state index contributed by atoms with van der Waals surface area (Å²) in [5.41, 5.74) is 1.37. The predicted octanol–water partition coefficient (Wildman–Crippen LogP) is 2.88. The van der Waals surface area contributed by atoms with Gasteiger partial charge in [0.15, 0.2) is 0 Å². The van der Waals surface area contributed by atoms with Gasteiger partial charge in [0.1, 0.15) is 8.42 Å². The topological polar surface area (TPSA) is 99.3 Å². The summed E-state index contributed by atoms with van der Waals surface area (Å²) in [7, 11) is -4.80. The average molecular weight is 543 g/mol. The zero-order valence-corrected chi connectivity index (χ0v) is 22.7. The number of ether oxygens (including phenoxy) is 1. The highest BCUT2D eigenvalue weighted by Crippen LogP contribution is 2.35. The van der Waals surface area contributed by atoms with Crippen molar-refractivity contribution in [2.75, 3.05) is 63.1 Å². The van der Waals surface area contributed by atoms with Crippen LogP contribution < -0.4 is 9.62 Å². The number of rotatable bonds is 9. The number of para-hydroxylation sites is 2. The SMILES string of the molecule is CN(C)S(=O)(=O)c1ccc(S(=O)(=O)Nc2ccccc2N2CCCCC2CCN2CCOCC2)s1. The van der Waals surface area contributed by atoms with E-state index in [0.29, 0.717) is 11.7 Å². The first kappa shape index (κ1) is 26.4. The monoisotopic (exact) mass is 542 g/mol. The molecule has 1 aromatic carbocycles. The lowest BCUT2D eigenvalue weighted by Crippen LogP contribution is -2.44. The Bertz CT molecular complexity index is 1210. The smallest absolute Gasteiger partial charge is 0.271 e. The van der Waals surface area contributed by atoms with Gasteiger partial charge in [0.2, 0.25) is 0 Å². The van der Waals surface area contributed by atoms with Crippen LogP contribution in [0, 0.1) is 0 Å². The van der Waals surface area contributed by atoms with Crippen molar-refractivity contribution in [3.63, 3.8) is 0 Å². The summed E-state index contributed by atoms with van der Waals surface area (Å²) < 4.78 is 60.5. The number of anilines is 2. The summed E-state index contributed by atoms with van der Waals surface area (Å²) in [4.78, 5) is 4.76. The van der Waals surface area contributed by atoms with Gasteiger partial charge in [0.05, 0.1) is 24.6 Å². The second-order valence-electron chi connectivity index (χ2n) is 9.07. The molecule has 4 rings (SSSR count). The molecule has 0 spiro atoms. The summed E-state index contributed by atoms with van der Waals surface area (Å²) in [6.07, 6.45) is 4.31. The highest BCUT2D eigenvalue weighted by molar-refractivity contribution is 7.96. The van der Waals surface area contributed by atoms with E-state index in [1.807, 2.05) is 18.2 Å². The maximum atomic E-state index is 13.2. The second kappa shape index (κ2) is 11.1. The summed E-state index contributed by atoms with van der Waals surface area (Å²) in [5, 5.41) is 0. The largest absolute Gasteiger partial charge is 0.379 e. The Morgan fingerprint density at radius 3 is 2.46 bits per heavy atom. The van der Waals surface area contributed by atoms with Gasteiger partial charge >= 0.3 is 0 Å². The zero-order valence-electron chi connectivity index (χ0n) is 20.2. The van der Waals surface area contributed by atoms with Crippen molar-refractivity contribution in [2.24, 2.45) is 0 Å². The number of hydrogen-bond donors (Lipinski definition) is 1. The molecule has 1 N–H and O–H groups in total. The van der Waals surface area contributed by atoms with Crippen molar-refractivity contribution >= 4 is 42.8 Å². The predicted molar refractivity (Wildman–Crippen MR) is 139 cm³/mol. The molecule has 9 nitrogen and oxygen atoms in total. The van der Waals surface area contributed by atoms with Gasteiger partial charge in [-0.15, -0.1) is 11.3 Å². The molecule has 35 heavy (non-hydrogen) atoms. The van der Waals surface area contributed by atoms with Crippen LogP contribution in [-0.2, 0) is 24.8 Å². The van der Waals surface area contributed by atoms with E-state index in [1.165, 1.54) is 26.2 Å². The van der Waals surface area contributed by atoms with Gasteiger partial charge in [-0.2, -0.15) is 0 Å². The summed E-state index contributed by atoms with van der Waals surface area (Å²) in [5.74, 6) is 0. The Hall–Kier alpha value is -1.70. The Morgan fingerprint density at radius 2 is 1.71 bits per heavy atom. The minimum absolute atomic E-state index is 0.00429. The minimum atomic E-state index is -3.95. The van der Waals surface area contributed by atoms with E-state index in [1.54, 1.807) is 6.07 Å². The van der Waals surface area contributed by atoms with Gasteiger partial charge in [0.25, 0.3) is 20.0 Å². The number of hydrogen-bond acceptors (Lipinski definition) is 8. The molecule has 0 radical (unpaired) electrons. The van der Waals surface area contributed by atoms with Crippen LogP contribution in [0.1, 0.15) is 25.7 Å². The van der Waals surface area contributed by atoms with E-state index in [4.69, 9.17) is 4.74 Å². The molecule has 0 saturated carbocycles. The maximum absolute atomic E-state index is 13.2. The van der Waals surface area contributed by atoms with Crippen molar-refractivity contribution < 1.29 is 21.6 Å². The highest BCUT2D eigenvalue weighted by Gasteiger charge is 2.28. The normalized spacial score (nSPS) is 20.3. The highest BCUT2D eigenvalue weighted by atomic mass is 32.3. The lowest BCUT2D eigenvalue weighted by atomic mass is 9.97. The molecule has 2 saturated heterocycles. The lowest BCUT2D eigenvalue weighted by Gasteiger charge is -2.40. The number of nitrogens with one attached hydrogen (secondary N) is 1. The Labute approximate surface area is 212 Å². The van der Waals surface area contributed by atoms with Gasteiger partial charge in [-0.3, -0.25) is 9.62 Å². The molecule has 2 fully saturated rings. The Balaban J connectivity index is 1.53. The van der Waals surface area contributed by atoms with Crippen LogP contribution in [0.25, 0.3) is 0 Å². The molecule has 0 bridgehead atoms. The molecule has 2 aliphatic rings. The zero-order chi connectivity index (χ0) is 25.1. The average Bonchev–Trinajstić information content (AvgIpc) is 3.36. The van der Waals surface area contributed by atoms with E-state index in [-0.39, 0.29) is 8.42 Å². The van der Waals surface area contributed by atoms with Crippen molar-refractivity contribution in [1.29, 1.82) is 0 Å². The fraction of sp³-hybridized carbons (Fsp3) is 0.565. The number of morpholine rings is 1. The summed E-state index contributed by atoms with van der Waals surface area (Å²) >= 11 is 0.751. The molecule has 12 heteroatoms. The number of sulfonamides is 2. The van der Waals surface area contributed by atoms with Gasteiger partial charge in [0, 0.05) is 46.3 Å². The standard InChI is InChI=1S/C23H34N4O5S3/c1-25(2)35(30,31)23-11-10-22(33-23)34(28,29)24-20-8-3-4-9-21(20)27-13-6-5-7-19(27)12-14-26-15-17-32-18-16-26/h3-4,8-11,19,24H,5-7,12-18H2,1-2H3. The van der Waals surface area contributed by atoms with Crippen LogP contribution in [0.5, 0.6) is 0 Å². The van der Waals surface area contributed by atoms with Crippen LogP contribution >= 0.6 is 11.3 Å². The van der Waals surface area contributed by atoms with Gasteiger partial charge in [-0.1, -0.05) is 12.1 Å². The quantitative estimate of drug-likeness (QED) is 0.520. The molecule has 1 unspecified atom stereocenters. The van der Waals surface area contributed by atoms with Gasteiger partial charge in [-0.25, -0.2) is 21.1 Å². The number of piperidine rings is 1. The van der Waals surface area contributed by atoms with Crippen molar-refractivity contribution in [2.45, 2.75) is 40.1 Å². The first-order valence-corrected chi connectivity index (χ1v) is 15.6. The third kappa shape index (κ3) is 6.17. The van der Waals surface area contributed by atoms with Crippen molar-refractivity contribution in [1.82, 2.24) is 9.21 Å². The fourth-order valence-corrected chi connectivity index (χ4v) is 8.56. The Kier molecular flexibility index (Phi) is 8.39.